The van der Waals surface area contributed by atoms with Gasteiger partial charge in [0.25, 0.3) is 10.2 Å². The molecule has 23 heavy (non-hydrogen) atoms. The first-order valence-corrected chi connectivity index (χ1v) is 8.72. The Morgan fingerprint density at radius 1 is 1.43 bits per heavy atom. The topological polar surface area (TPSA) is 108 Å². The Balaban J connectivity index is 1.87. The van der Waals surface area contributed by atoms with E-state index in [9.17, 15) is 8.42 Å². The third kappa shape index (κ3) is 2.94. The van der Waals surface area contributed by atoms with Crippen molar-refractivity contribution in [1.29, 1.82) is 0 Å². The first-order valence-electron chi connectivity index (χ1n) is 7.32. The molecule has 2 aromatic rings. The molecule has 1 saturated heterocycles. The van der Waals surface area contributed by atoms with Crippen molar-refractivity contribution in [3.8, 4) is 11.1 Å². The third-order valence-corrected chi connectivity index (χ3v) is 6.01. The van der Waals surface area contributed by atoms with Gasteiger partial charge < -0.3 is 5.73 Å². The van der Waals surface area contributed by atoms with Gasteiger partial charge in [-0.2, -0.15) is 22.1 Å². The van der Waals surface area contributed by atoms with E-state index in [4.69, 9.17) is 5.73 Å². The number of nitrogens with two attached hydrogens (primary N) is 1. The maximum absolute atomic E-state index is 12.2. The van der Waals surface area contributed by atoms with Gasteiger partial charge >= 0.3 is 0 Å². The van der Waals surface area contributed by atoms with Crippen LogP contribution < -0.4 is 5.73 Å². The fraction of sp³-hybridized carbons (Fsp3) is 0.429. The molecule has 0 bridgehead atoms. The molecule has 0 unspecified atom stereocenters. The van der Waals surface area contributed by atoms with Crippen LogP contribution in [-0.2, 0) is 10.2 Å². The molecule has 0 saturated carbocycles. The molecule has 1 aliphatic rings. The van der Waals surface area contributed by atoms with Crippen molar-refractivity contribution in [3.63, 3.8) is 0 Å². The molecule has 0 spiro atoms. The second-order valence-corrected chi connectivity index (χ2v) is 7.94. The molecule has 2 aromatic heterocycles. The SMILES string of the molecule is CN(C)S(=O)(=O)N1CC[C@H](c2[nH]ncc2-c2ccnc(N)c2)C1. The minimum Gasteiger partial charge on any atom is -0.384 e. The van der Waals surface area contributed by atoms with Gasteiger partial charge in [0, 0.05) is 50.6 Å². The van der Waals surface area contributed by atoms with Gasteiger partial charge in [0.05, 0.1) is 6.20 Å². The molecule has 1 atom stereocenters. The van der Waals surface area contributed by atoms with Gasteiger partial charge in [0.15, 0.2) is 0 Å². The van der Waals surface area contributed by atoms with E-state index >= 15 is 0 Å². The Kier molecular flexibility index (Phi) is 4.09. The lowest BCUT2D eigenvalue weighted by Gasteiger charge is -2.20. The van der Waals surface area contributed by atoms with E-state index < -0.39 is 10.2 Å². The summed E-state index contributed by atoms with van der Waals surface area (Å²) < 4.78 is 27.2. The molecule has 0 radical (unpaired) electrons. The van der Waals surface area contributed by atoms with Gasteiger partial charge in [-0.1, -0.05) is 0 Å². The molecule has 0 aromatic carbocycles. The van der Waals surface area contributed by atoms with E-state index in [1.165, 1.54) is 8.61 Å². The van der Waals surface area contributed by atoms with Crippen LogP contribution in [0.3, 0.4) is 0 Å². The largest absolute Gasteiger partial charge is 0.384 e. The minimum atomic E-state index is -3.38. The summed E-state index contributed by atoms with van der Waals surface area (Å²) in [4.78, 5) is 3.99. The van der Waals surface area contributed by atoms with Crippen molar-refractivity contribution in [2.45, 2.75) is 12.3 Å². The molecule has 0 aliphatic carbocycles. The van der Waals surface area contributed by atoms with Crippen LogP contribution in [0, 0.1) is 0 Å². The van der Waals surface area contributed by atoms with Crippen LogP contribution in [0.5, 0.6) is 0 Å². The summed E-state index contributed by atoms with van der Waals surface area (Å²) in [7, 11) is -0.291. The third-order valence-electron chi connectivity index (χ3n) is 4.11. The molecular weight excluding hydrogens is 316 g/mol. The van der Waals surface area contributed by atoms with Crippen LogP contribution >= 0.6 is 0 Å². The number of nitrogen functional groups attached to an aromatic ring is 1. The lowest BCUT2D eigenvalue weighted by molar-refractivity contribution is 0.418. The molecule has 124 valence electrons. The fourth-order valence-corrected chi connectivity index (χ4v) is 4.02. The number of anilines is 1. The average molecular weight is 336 g/mol. The van der Waals surface area contributed by atoms with Crippen molar-refractivity contribution < 1.29 is 8.42 Å². The zero-order valence-electron chi connectivity index (χ0n) is 13.1. The predicted octanol–water partition coefficient (Wildman–Crippen LogP) is 0.650. The number of pyridine rings is 1. The van der Waals surface area contributed by atoms with E-state index in [0.29, 0.717) is 18.9 Å². The number of hydrogen-bond acceptors (Lipinski definition) is 5. The fourth-order valence-electron chi connectivity index (χ4n) is 2.86. The van der Waals surface area contributed by atoms with Gasteiger partial charge in [-0.05, 0) is 24.1 Å². The van der Waals surface area contributed by atoms with Crippen molar-refractivity contribution in [2.75, 3.05) is 32.9 Å². The summed E-state index contributed by atoms with van der Waals surface area (Å²) in [6, 6.07) is 3.66. The van der Waals surface area contributed by atoms with Crippen molar-refractivity contribution in [1.82, 2.24) is 23.8 Å². The molecule has 3 N–H and O–H groups in total. The van der Waals surface area contributed by atoms with Crippen LogP contribution in [0.4, 0.5) is 5.82 Å². The zero-order valence-corrected chi connectivity index (χ0v) is 13.9. The Labute approximate surface area is 135 Å². The monoisotopic (exact) mass is 336 g/mol. The van der Waals surface area contributed by atoms with Crippen molar-refractivity contribution in [2.24, 2.45) is 0 Å². The van der Waals surface area contributed by atoms with E-state index in [1.54, 1.807) is 32.6 Å². The summed E-state index contributed by atoms with van der Waals surface area (Å²) in [6.07, 6.45) is 4.15. The van der Waals surface area contributed by atoms with Gasteiger partial charge in [-0.25, -0.2) is 4.98 Å². The van der Waals surface area contributed by atoms with Crippen LogP contribution in [0.15, 0.2) is 24.5 Å². The standard InChI is InChI=1S/C14H20N6O2S/c1-19(2)23(21,22)20-6-4-11(9-20)14-12(8-17-18-14)10-3-5-16-13(15)7-10/h3,5,7-8,11H,4,6,9H2,1-2H3,(H2,15,16)(H,17,18)/t11-/m0/s1. The zero-order chi connectivity index (χ0) is 16.6. The van der Waals surface area contributed by atoms with Crippen LogP contribution in [0.1, 0.15) is 18.0 Å². The molecule has 0 amide bonds. The van der Waals surface area contributed by atoms with E-state index in [0.717, 1.165) is 23.2 Å². The number of aromatic amines is 1. The molecule has 1 aliphatic heterocycles. The van der Waals surface area contributed by atoms with Crippen molar-refractivity contribution in [3.05, 3.63) is 30.2 Å². The molecule has 8 nitrogen and oxygen atoms in total. The summed E-state index contributed by atoms with van der Waals surface area (Å²) in [5, 5.41) is 7.15. The van der Waals surface area contributed by atoms with Gasteiger partial charge in [-0.15, -0.1) is 0 Å². The molecule has 9 heteroatoms. The van der Waals surface area contributed by atoms with Gasteiger partial charge in [0.1, 0.15) is 5.82 Å². The Morgan fingerprint density at radius 3 is 2.91 bits per heavy atom. The number of rotatable bonds is 4. The number of nitrogens with one attached hydrogen (secondary N) is 1. The lowest BCUT2D eigenvalue weighted by Crippen LogP contribution is -2.38. The maximum Gasteiger partial charge on any atom is 0.281 e. The first-order chi connectivity index (χ1) is 10.9. The first kappa shape index (κ1) is 15.9. The van der Waals surface area contributed by atoms with Crippen molar-refractivity contribution >= 4 is 16.0 Å². The van der Waals surface area contributed by atoms with Gasteiger partial charge in [0.2, 0.25) is 0 Å². The number of hydrogen-bond donors (Lipinski definition) is 2. The molecule has 1 fully saturated rings. The second-order valence-electron chi connectivity index (χ2n) is 5.80. The highest BCUT2D eigenvalue weighted by Gasteiger charge is 2.35. The summed E-state index contributed by atoms with van der Waals surface area (Å²) in [5.41, 5.74) is 8.55. The number of nitrogens with zero attached hydrogens (tertiary/aromatic N) is 4. The quantitative estimate of drug-likeness (QED) is 0.852. The lowest BCUT2D eigenvalue weighted by atomic mass is 9.97. The molecule has 3 rings (SSSR count). The highest BCUT2D eigenvalue weighted by molar-refractivity contribution is 7.86. The summed E-state index contributed by atoms with van der Waals surface area (Å²) in [6.45, 7) is 0.943. The highest BCUT2D eigenvalue weighted by Crippen LogP contribution is 2.34. The number of aromatic nitrogens is 3. The minimum absolute atomic E-state index is 0.0802. The Bertz CT molecular complexity index is 801. The average Bonchev–Trinajstić information content (AvgIpc) is 3.16. The molecular formula is C14H20N6O2S. The smallest absolute Gasteiger partial charge is 0.281 e. The van der Waals surface area contributed by atoms with E-state index in [1.807, 2.05) is 6.07 Å². The second kappa shape index (κ2) is 5.91. The van der Waals surface area contributed by atoms with Crippen LogP contribution in [0.2, 0.25) is 0 Å². The molecule has 3 heterocycles. The van der Waals surface area contributed by atoms with Crippen LogP contribution in [0.25, 0.3) is 11.1 Å². The predicted molar refractivity (Wildman–Crippen MR) is 87.8 cm³/mol. The van der Waals surface area contributed by atoms with E-state index in [-0.39, 0.29) is 5.92 Å². The highest BCUT2D eigenvalue weighted by atomic mass is 32.2. The number of H-pyrrole nitrogens is 1. The van der Waals surface area contributed by atoms with E-state index in [2.05, 4.69) is 15.2 Å². The summed E-state index contributed by atoms with van der Waals surface area (Å²) >= 11 is 0. The summed E-state index contributed by atoms with van der Waals surface area (Å²) in [5.74, 6) is 0.523. The van der Waals surface area contributed by atoms with Crippen LogP contribution in [-0.4, -0.2) is 59.4 Å². The Hall–Kier alpha value is -1.97. The normalized spacial score (nSPS) is 19.5. The van der Waals surface area contributed by atoms with Gasteiger partial charge in [-0.3, -0.25) is 5.10 Å². The maximum atomic E-state index is 12.2. The Morgan fingerprint density at radius 2 is 2.22 bits per heavy atom.